The molecule has 3 N–H and O–H groups in total. The Morgan fingerprint density at radius 2 is 1.85 bits per heavy atom. The first-order chi connectivity index (χ1) is 15.9. The van der Waals surface area contributed by atoms with Gasteiger partial charge in [-0.1, -0.05) is 50.2 Å². The number of nitrogens with one attached hydrogen (secondary N) is 2. The van der Waals surface area contributed by atoms with Crippen molar-refractivity contribution in [1.82, 2.24) is 14.9 Å². The van der Waals surface area contributed by atoms with E-state index in [2.05, 4.69) is 65.2 Å². The van der Waals surface area contributed by atoms with Gasteiger partial charge in [0.05, 0.1) is 5.69 Å². The van der Waals surface area contributed by atoms with Crippen LogP contribution in [-0.4, -0.2) is 20.6 Å². The summed E-state index contributed by atoms with van der Waals surface area (Å²) in [5.41, 5.74) is 5.09. The second-order valence-corrected chi connectivity index (χ2v) is 8.29. The molecule has 0 saturated heterocycles. The van der Waals surface area contributed by atoms with Crippen LogP contribution in [0.3, 0.4) is 0 Å². The molecule has 0 aliphatic rings. The van der Waals surface area contributed by atoms with Gasteiger partial charge in [-0.05, 0) is 53.8 Å². The number of hydrogen-bond acceptors (Lipinski definition) is 3. The summed E-state index contributed by atoms with van der Waals surface area (Å²) in [6.07, 6.45) is 1.61. The Balaban J connectivity index is 1.65. The van der Waals surface area contributed by atoms with Gasteiger partial charge in [0.25, 0.3) is 5.56 Å². The van der Waals surface area contributed by atoms with E-state index in [9.17, 15) is 14.7 Å². The van der Waals surface area contributed by atoms with Crippen molar-refractivity contribution in [1.29, 1.82) is 0 Å². The third kappa shape index (κ3) is 4.47. The topological polar surface area (TPSA) is 87.1 Å². The number of pyridine rings is 1. The lowest BCUT2D eigenvalue weighted by Crippen LogP contribution is -2.21. The second-order valence-electron chi connectivity index (χ2n) is 8.29. The zero-order chi connectivity index (χ0) is 23.5. The minimum absolute atomic E-state index is 0.228. The van der Waals surface area contributed by atoms with E-state index in [1.165, 1.54) is 17.3 Å². The fraction of sp³-hybridized carbons (Fsp3) is 0.259. The standard InChI is InChI=1S/C27H29N3O3/c1-4-17-15-22(27(32)33)26(31)29-25(17)19-11-12-24-20(13-19)14-21(30(24)3)16-28-23(5-2)18-9-7-6-8-10-18/h6-15,23,28H,4-5,16H2,1-3H3,(H,29,31)(H,32,33)/t23-/m0/s1. The summed E-state index contributed by atoms with van der Waals surface area (Å²) in [5.74, 6) is -1.21. The summed E-state index contributed by atoms with van der Waals surface area (Å²) in [7, 11) is 2.06. The van der Waals surface area contributed by atoms with Gasteiger partial charge >= 0.3 is 5.97 Å². The van der Waals surface area contributed by atoms with E-state index in [0.29, 0.717) is 12.1 Å². The van der Waals surface area contributed by atoms with Crippen molar-refractivity contribution in [3.63, 3.8) is 0 Å². The van der Waals surface area contributed by atoms with E-state index in [1.807, 2.05) is 25.1 Å². The van der Waals surface area contributed by atoms with Crippen LogP contribution in [0, 0.1) is 0 Å². The van der Waals surface area contributed by atoms with Gasteiger partial charge in [-0.15, -0.1) is 0 Å². The van der Waals surface area contributed by atoms with Crippen LogP contribution in [0.5, 0.6) is 0 Å². The van der Waals surface area contributed by atoms with Gasteiger partial charge in [0, 0.05) is 36.2 Å². The zero-order valence-corrected chi connectivity index (χ0v) is 19.2. The lowest BCUT2D eigenvalue weighted by atomic mass is 10.0. The molecule has 0 aliphatic heterocycles. The van der Waals surface area contributed by atoms with Gasteiger partial charge in [-0.2, -0.15) is 0 Å². The molecule has 0 radical (unpaired) electrons. The highest BCUT2D eigenvalue weighted by Crippen LogP contribution is 2.28. The van der Waals surface area contributed by atoms with Crippen LogP contribution in [-0.2, 0) is 20.0 Å². The molecule has 33 heavy (non-hydrogen) atoms. The maximum atomic E-state index is 12.3. The summed E-state index contributed by atoms with van der Waals surface area (Å²) in [5, 5.41) is 14.0. The van der Waals surface area contributed by atoms with Crippen LogP contribution in [0.4, 0.5) is 0 Å². The van der Waals surface area contributed by atoms with Gasteiger partial charge in [0.1, 0.15) is 5.56 Å². The van der Waals surface area contributed by atoms with Crippen molar-refractivity contribution >= 4 is 16.9 Å². The lowest BCUT2D eigenvalue weighted by Gasteiger charge is -2.17. The molecule has 0 aliphatic carbocycles. The average Bonchev–Trinajstić information content (AvgIpc) is 3.14. The molecule has 6 heteroatoms. The molecule has 170 valence electrons. The molecule has 4 rings (SSSR count). The van der Waals surface area contributed by atoms with Crippen LogP contribution in [0.25, 0.3) is 22.2 Å². The number of carboxylic acid groups (broad SMARTS) is 1. The molecule has 4 aromatic rings. The maximum absolute atomic E-state index is 12.3. The van der Waals surface area contributed by atoms with Crippen molar-refractivity contribution in [2.24, 2.45) is 7.05 Å². The third-order valence-corrected chi connectivity index (χ3v) is 6.30. The molecule has 0 bridgehead atoms. The smallest absolute Gasteiger partial charge is 0.341 e. The zero-order valence-electron chi connectivity index (χ0n) is 19.2. The Morgan fingerprint density at radius 3 is 2.52 bits per heavy atom. The molecule has 0 amide bonds. The maximum Gasteiger partial charge on any atom is 0.341 e. The highest BCUT2D eigenvalue weighted by Gasteiger charge is 2.16. The number of H-pyrrole nitrogens is 1. The van der Waals surface area contributed by atoms with Crippen LogP contribution in [0.15, 0.2) is 65.5 Å². The minimum Gasteiger partial charge on any atom is -0.477 e. The van der Waals surface area contributed by atoms with Crippen LogP contribution in [0.2, 0.25) is 0 Å². The van der Waals surface area contributed by atoms with Crippen LogP contribution >= 0.6 is 0 Å². The van der Waals surface area contributed by atoms with E-state index in [-0.39, 0.29) is 11.6 Å². The number of aromatic carboxylic acids is 1. The van der Waals surface area contributed by atoms with Crippen molar-refractivity contribution in [3.8, 4) is 11.3 Å². The molecule has 0 fully saturated rings. The molecule has 6 nitrogen and oxygen atoms in total. The number of hydrogen-bond donors (Lipinski definition) is 3. The van der Waals surface area contributed by atoms with Crippen LogP contribution < -0.4 is 10.9 Å². The number of carbonyl (C=O) groups is 1. The van der Waals surface area contributed by atoms with E-state index in [0.717, 1.165) is 35.0 Å². The number of benzene rings is 2. The van der Waals surface area contributed by atoms with Crippen LogP contribution in [0.1, 0.15) is 53.5 Å². The number of aryl methyl sites for hydroxylation is 2. The fourth-order valence-corrected chi connectivity index (χ4v) is 4.41. The molecule has 0 spiro atoms. The first kappa shape index (κ1) is 22.6. The minimum atomic E-state index is -1.21. The fourth-order valence-electron chi connectivity index (χ4n) is 4.41. The Bertz CT molecular complexity index is 1350. The second kappa shape index (κ2) is 9.46. The summed E-state index contributed by atoms with van der Waals surface area (Å²) < 4.78 is 2.18. The lowest BCUT2D eigenvalue weighted by molar-refractivity contribution is 0.0695. The largest absolute Gasteiger partial charge is 0.477 e. The van der Waals surface area contributed by atoms with E-state index >= 15 is 0 Å². The average molecular weight is 444 g/mol. The first-order valence-electron chi connectivity index (χ1n) is 11.3. The molecule has 2 aromatic carbocycles. The normalized spacial score (nSPS) is 12.2. The predicted octanol–water partition coefficient (Wildman–Crippen LogP) is 5.04. The van der Waals surface area contributed by atoms with Crippen molar-refractivity contribution in [2.75, 3.05) is 0 Å². The van der Waals surface area contributed by atoms with Crippen molar-refractivity contribution < 1.29 is 9.90 Å². The summed E-state index contributed by atoms with van der Waals surface area (Å²) in [6, 6.07) is 20.5. The Kier molecular flexibility index (Phi) is 6.47. The van der Waals surface area contributed by atoms with Gasteiger partial charge in [-0.25, -0.2) is 4.79 Å². The number of carboxylic acids is 1. The molecule has 0 saturated carbocycles. The van der Waals surface area contributed by atoms with Gasteiger partial charge in [-0.3, -0.25) is 4.79 Å². The highest BCUT2D eigenvalue weighted by molar-refractivity contribution is 5.89. The first-order valence-corrected chi connectivity index (χ1v) is 11.3. The Hall–Kier alpha value is -3.64. The summed E-state index contributed by atoms with van der Waals surface area (Å²) in [6.45, 7) is 4.86. The number of aromatic nitrogens is 2. The third-order valence-electron chi connectivity index (χ3n) is 6.30. The molecule has 2 aromatic heterocycles. The summed E-state index contributed by atoms with van der Waals surface area (Å²) >= 11 is 0. The Morgan fingerprint density at radius 1 is 1.09 bits per heavy atom. The van der Waals surface area contributed by atoms with Crippen molar-refractivity contribution in [2.45, 2.75) is 39.3 Å². The van der Waals surface area contributed by atoms with Gasteiger partial charge in [0.15, 0.2) is 0 Å². The van der Waals surface area contributed by atoms with E-state index in [1.54, 1.807) is 0 Å². The number of rotatable bonds is 8. The van der Waals surface area contributed by atoms with E-state index in [4.69, 9.17) is 0 Å². The van der Waals surface area contributed by atoms with E-state index < -0.39 is 11.5 Å². The number of aromatic amines is 1. The highest BCUT2D eigenvalue weighted by atomic mass is 16.4. The summed E-state index contributed by atoms with van der Waals surface area (Å²) in [4.78, 5) is 26.4. The van der Waals surface area contributed by atoms with Gasteiger partial charge in [0.2, 0.25) is 0 Å². The molecular formula is C27H29N3O3. The molecular weight excluding hydrogens is 414 g/mol. The monoisotopic (exact) mass is 443 g/mol. The number of nitrogens with zero attached hydrogens (tertiary/aromatic N) is 1. The molecule has 2 heterocycles. The quantitative estimate of drug-likeness (QED) is 0.356. The van der Waals surface area contributed by atoms with Crippen molar-refractivity contribution in [3.05, 3.63) is 93.4 Å². The Labute approximate surface area is 192 Å². The number of fused-ring (bicyclic) bond motifs is 1. The molecule has 1 atom stereocenters. The van der Waals surface area contributed by atoms with Gasteiger partial charge < -0.3 is 20.0 Å². The predicted molar refractivity (Wildman–Crippen MR) is 132 cm³/mol. The SMILES string of the molecule is CCc1cc(C(=O)O)c(=O)[nH]c1-c1ccc2c(c1)cc(CN[C@@H](CC)c1ccccc1)n2C. The molecule has 0 unspecified atom stereocenters.